The van der Waals surface area contributed by atoms with Crippen LogP contribution < -0.4 is 11.1 Å². The van der Waals surface area contributed by atoms with E-state index in [1.54, 1.807) is 0 Å². The van der Waals surface area contributed by atoms with Crippen LogP contribution in [0.5, 0.6) is 0 Å². The quantitative estimate of drug-likeness (QED) is 0.885. The number of rotatable bonds is 3. The minimum absolute atomic E-state index is 0.545. The van der Waals surface area contributed by atoms with Crippen LogP contribution >= 0.6 is 15.9 Å². The molecular weight excluding hydrogens is 288 g/mol. The Kier molecular flexibility index (Phi) is 4.68. The number of hydrogen-bond acceptors (Lipinski definition) is 2. The SMILES string of the molecule is Cc1cc(NC2CCCCC2CN)cc(C)c1Br. The lowest BCUT2D eigenvalue weighted by atomic mass is 9.84. The summed E-state index contributed by atoms with van der Waals surface area (Å²) in [7, 11) is 0. The van der Waals surface area contributed by atoms with E-state index in [0.29, 0.717) is 12.0 Å². The topological polar surface area (TPSA) is 38.0 Å². The normalized spacial score (nSPS) is 24.0. The monoisotopic (exact) mass is 310 g/mol. The van der Waals surface area contributed by atoms with Crippen LogP contribution in [0.2, 0.25) is 0 Å². The lowest BCUT2D eigenvalue weighted by molar-refractivity contribution is 0.332. The van der Waals surface area contributed by atoms with E-state index in [4.69, 9.17) is 5.73 Å². The predicted octanol–water partition coefficient (Wildman–Crippen LogP) is 4.00. The molecule has 3 heteroatoms. The molecule has 100 valence electrons. The van der Waals surface area contributed by atoms with Gasteiger partial charge in [-0.05, 0) is 62.4 Å². The average Bonchev–Trinajstić information content (AvgIpc) is 2.36. The number of aryl methyl sites for hydroxylation is 2. The lowest BCUT2D eigenvalue weighted by Crippen LogP contribution is -2.36. The Balaban J connectivity index is 2.13. The standard InChI is InChI=1S/C15H23BrN2/c1-10-7-13(8-11(2)15(10)16)18-14-6-4-3-5-12(14)9-17/h7-8,12,14,18H,3-6,9,17H2,1-2H3. The van der Waals surface area contributed by atoms with Crippen LogP contribution in [0.25, 0.3) is 0 Å². The van der Waals surface area contributed by atoms with E-state index in [-0.39, 0.29) is 0 Å². The molecule has 0 aromatic heterocycles. The third-order valence-electron chi connectivity index (χ3n) is 4.00. The summed E-state index contributed by atoms with van der Waals surface area (Å²) < 4.78 is 1.21. The molecule has 2 nitrogen and oxygen atoms in total. The Bertz CT molecular complexity index is 394. The minimum Gasteiger partial charge on any atom is -0.382 e. The number of nitrogens with two attached hydrogens (primary N) is 1. The Morgan fingerprint density at radius 3 is 2.44 bits per heavy atom. The zero-order valence-electron chi connectivity index (χ0n) is 11.3. The maximum Gasteiger partial charge on any atom is 0.0348 e. The molecular formula is C15H23BrN2. The molecule has 0 radical (unpaired) electrons. The third kappa shape index (κ3) is 3.07. The van der Waals surface area contributed by atoms with Gasteiger partial charge in [0.1, 0.15) is 0 Å². The molecule has 2 unspecified atom stereocenters. The van der Waals surface area contributed by atoms with Crippen molar-refractivity contribution in [2.45, 2.75) is 45.6 Å². The van der Waals surface area contributed by atoms with Crippen molar-refractivity contribution in [3.63, 3.8) is 0 Å². The molecule has 2 rings (SSSR count). The first-order valence-electron chi connectivity index (χ1n) is 6.85. The smallest absolute Gasteiger partial charge is 0.0348 e. The van der Waals surface area contributed by atoms with Gasteiger partial charge in [-0.15, -0.1) is 0 Å². The molecule has 0 spiro atoms. The molecule has 1 saturated carbocycles. The summed E-state index contributed by atoms with van der Waals surface area (Å²) in [6.45, 7) is 5.08. The van der Waals surface area contributed by atoms with E-state index in [1.807, 2.05) is 0 Å². The summed E-state index contributed by atoms with van der Waals surface area (Å²) in [5, 5.41) is 3.69. The maximum atomic E-state index is 5.88. The van der Waals surface area contributed by atoms with Gasteiger partial charge in [-0.3, -0.25) is 0 Å². The highest BCUT2D eigenvalue weighted by atomic mass is 79.9. The Labute approximate surface area is 118 Å². The summed E-state index contributed by atoms with van der Waals surface area (Å²) in [5.74, 6) is 0.628. The van der Waals surface area contributed by atoms with Gasteiger partial charge < -0.3 is 11.1 Å². The fraction of sp³-hybridized carbons (Fsp3) is 0.600. The summed E-state index contributed by atoms with van der Waals surface area (Å²) in [6, 6.07) is 4.99. The Hall–Kier alpha value is -0.540. The third-order valence-corrected chi connectivity index (χ3v) is 5.25. The average molecular weight is 311 g/mol. The Morgan fingerprint density at radius 1 is 1.22 bits per heavy atom. The second-order valence-corrected chi connectivity index (χ2v) is 6.25. The van der Waals surface area contributed by atoms with Gasteiger partial charge in [0.15, 0.2) is 0 Å². The highest BCUT2D eigenvalue weighted by Gasteiger charge is 2.23. The van der Waals surface area contributed by atoms with Crippen molar-refractivity contribution >= 4 is 21.6 Å². The van der Waals surface area contributed by atoms with Crippen LogP contribution in [0.3, 0.4) is 0 Å². The van der Waals surface area contributed by atoms with Crippen LogP contribution in [0.4, 0.5) is 5.69 Å². The molecule has 0 bridgehead atoms. The molecule has 1 aliphatic rings. The van der Waals surface area contributed by atoms with Gasteiger partial charge in [-0.2, -0.15) is 0 Å². The zero-order chi connectivity index (χ0) is 13.1. The molecule has 0 saturated heterocycles. The second kappa shape index (κ2) is 6.07. The summed E-state index contributed by atoms with van der Waals surface area (Å²) in [6.07, 6.45) is 5.17. The first-order valence-corrected chi connectivity index (χ1v) is 7.64. The molecule has 1 aromatic rings. The van der Waals surface area contributed by atoms with Crippen LogP contribution in [0.1, 0.15) is 36.8 Å². The fourth-order valence-corrected chi connectivity index (χ4v) is 3.15. The highest BCUT2D eigenvalue weighted by Crippen LogP contribution is 2.29. The number of anilines is 1. The first kappa shape index (κ1) is 13.9. The van der Waals surface area contributed by atoms with Gasteiger partial charge in [-0.1, -0.05) is 28.8 Å². The molecule has 0 amide bonds. The van der Waals surface area contributed by atoms with Gasteiger partial charge in [0.2, 0.25) is 0 Å². The van der Waals surface area contributed by atoms with Crippen molar-refractivity contribution in [2.75, 3.05) is 11.9 Å². The van der Waals surface area contributed by atoms with E-state index in [0.717, 1.165) is 6.54 Å². The van der Waals surface area contributed by atoms with E-state index in [9.17, 15) is 0 Å². The second-order valence-electron chi connectivity index (χ2n) is 5.46. The van der Waals surface area contributed by atoms with Crippen molar-refractivity contribution in [3.8, 4) is 0 Å². The Morgan fingerprint density at radius 2 is 1.83 bits per heavy atom. The molecule has 3 N–H and O–H groups in total. The largest absolute Gasteiger partial charge is 0.382 e. The molecule has 1 aromatic carbocycles. The minimum atomic E-state index is 0.545. The van der Waals surface area contributed by atoms with Crippen LogP contribution in [-0.2, 0) is 0 Å². The lowest BCUT2D eigenvalue weighted by Gasteiger charge is -2.32. The van der Waals surface area contributed by atoms with Gasteiger partial charge >= 0.3 is 0 Å². The van der Waals surface area contributed by atoms with Crippen molar-refractivity contribution in [1.29, 1.82) is 0 Å². The van der Waals surface area contributed by atoms with Crippen LogP contribution in [0, 0.1) is 19.8 Å². The van der Waals surface area contributed by atoms with Crippen LogP contribution in [0.15, 0.2) is 16.6 Å². The van der Waals surface area contributed by atoms with Gasteiger partial charge in [-0.25, -0.2) is 0 Å². The highest BCUT2D eigenvalue weighted by molar-refractivity contribution is 9.10. The van der Waals surface area contributed by atoms with Crippen molar-refractivity contribution in [2.24, 2.45) is 11.7 Å². The number of benzene rings is 1. The summed E-state index contributed by atoms with van der Waals surface area (Å²) in [4.78, 5) is 0. The first-order chi connectivity index (χ1) is 8.61. The summed E-state index contributed by atoms with van der Waals surface area (Å²) in [5.41, 5.74) is 9.70. The van der Waals surface area contributed by atoms with Crippen molar-refractivity contribution < 1.29 is 0 Å². The summed E-state index contributed by atoms with van der Waals surface area (Å²) >= 11 is 3.62. The van der Waals surface area contributed by atoms with Gasteiger partial charge in [0.05, 0.1) is 0 Å². The van der Waals surface area contributed by atoms with E-state index in [2.05, 4.69) is 47.2 Å². The number of nitrogens with one attached hydrogen (secondary N) is 1. The van der Waals surface area contributed by atoms with Crippen molar-refractivity contribution in [3.05, 3.63) is 27.7 Å². The number of hydrogen-bond donors (Lipinski definition) is 2. The molecule has 0 aliphatic heterocycles. The van der Waals surface area contributed by atoms with Gasteiger partial charge in [0.25, 0.3) is 0 Å². The van der Waals surface area contributed by atoms with E-state index in [1.165, 1.54) is 47.0 Å². The fourth-order valence-electron chi connectivity index (χ4n) is 2.92. The number of halogens is 1. The van der Waals surface area contributed by atoms with E-state index < -0.39 is 0 Å². The van der Waals surface area contributed by atoms with Gasteiger partial charge in [0, 0.05) is 16.2 Å². The van der Waals surface area contributed by atoms with Crippen molar-refractivity contribution in [1.82, 2.24) is 0 Å². The molecule has 0 heterocycles. The predicted molar refractivity (Wildman–Crippen MR) is 82.0 cm³/mol. The molecule has 1 aliphatic carbocycles. The van der Waals surface area contributed by atoms with Crippen LogP contribution in [-0.4, -0.2) is 12.6 Å². The van der Waals surface area contributed by atoms with E-state index >= 15 is 0 Å². The molecule has 1 fully saturated rings. The molecule has 2 atom stereocenters. The molecule has 18 heavy (non-hydrogen) atoms. The zero-order valence-corrected chi connectivity index (χ0v) is 12.9. The maximum absolute atomic E-state index is 5.88.